The third-order valence-electron chi connectivity index (χ3n) is 13.7. The Balaban J connectivity index is 0.00000592. The molecule has 0 saturated carbocycles. The van der Waals surface area contributed by atoms with Crippen LogP contribution < -0.4 is 0 Å². The van der Waals surface area contributed by atoms with Crippen molar-refractivity contribution in [3.05, 3.63) is 167 Å². The SMILES string of the molecule is CC(C)(C)c1cc(-c2cc3c(cn2)-c2ccccc2C3(C)C)[c-]c(-c2cccc3c2nc(-c2cc(C(C)(C)C)cc(C(C)(C)C)c2O)n3-c2ccc(C(C)(C)C)cc2-c2ccccc2)c1.[Pt]. The molecule has 4 nitrogen and oxygen atoms in total. The fourth-order valence-corrected chi connectivity index (χ4v) is 9.63. The first-order valence-electron chi connectivity index (χ1n) is 23.2. The molecule has 8 aromatic rings. The van der Waals surface area contributed by atoms with Crippen LogP contribution in [0.25, 0.3) is 72.7 Å². The van der Waals surface area contributed by atoms with Crippen LogP contribution in [0.4, 0.5) is 0 Å². The average molecular weight is 1050 g/mol. The minimum atomic E-state index is -0.325. The molecular weight excluding hydrogens is 986 g/mol. The molecular formula is C61H64N3OPt-. The van der Waals surface area contributed by atoms with Gasteiger partial charge in [-0.3, -0.25) is 9.55 Å². The number of fused-ring (bicyclic) bond motifs is 4. The molecule has 66 heavy (non-hydrogen) atoms. The first-order valence-corrected chi connectivity index (χ1v) is 23.2. The summed E-state index contributed by atoms with van der Waals surface area (Å²) < 4.78 is 2.29. The number of benzene rings is 6. The number of rotatable bonds is 5. The average Bonchev–Trinajstić information content (AvgIpc) is 3.74. The summed E-state index contributed by atoms with van der Waals surface area (Å²) in [5.74, 6) is 0.948. The van der Waals surface area contributed by atoms with Crippen LogP contribution in [0.2, 0.25) is 0 Å². The standard InChI is InChI=1S/C61H64N3O.Pt/c1-57(2,3)40-27-28-52(45(32-40)37-21-16-15-17-22-37)64-53-26-20-24-43(54(53)63-56(64)46-33-42(59(7,8)9)34-50(55(46)65)60(10,11)12)38-29-39(31-41(30-38)58(4,5)6)51-35-49-47(36-62-51)44-23-18-19-25-48(44)61(49,13)14;/h15-28,30-36,65H,1-14H3;/q-1;. The number of phenolic OH excluding ortho intramolecular Hbond substituents is 1. The molecule has 0 unspecified atom stereocenters. The maximum absolute atomic E-state index is 12.6. The Morgan fingerprint density at radius 1 is 0.530 bits per heavy atom. The number of hydrogen-bond donors (Lipinski definition) is 1. The predicted molar refractivity (Wildman–Crippen MR) is 273 cm³/mol. The third-order valence-corrected chi connectivity index (χ3v) is 13.7. The van der Waals surface area contributed by atoms with Crippen molar-refractivity contribution in [2.45, 2.75) is 124 Å². The van der Waals surface area contributed by atoms with E-state index in [0.29, 0.717) is 11.4 Å². The van der Waals surface area contributed by atoms with Crippen molar-refractivity contribution in [2.75, 3.05) is 0 Å². The number of hydrogen-bond acceptors (Lipinski definition) is 3. The molecule has 2 heterocycles. The zero-order valence-electron chi connectivity index (χ0n) is 41.2. The number of para-hydroxylation sites is 1. The van der Waals surface area contributed by atoms with E-state index in [4.69, 9.17) is 9.97 Å². The van der Waals surface area contributed by atoms with Gasteiger partial charge in [0.25, 0.3) is 0 Å². The Bertz CT molecular complexity index is 3160. The van der Waals surface area contributed by atoms with E-state index in [9.17, 15) is 5.11 Å². The summed E-state index contributed by atoms with van der Waals surface area (Å²) in [6, 6.07) is 47.8. The first-order chi connectivity index (χ1) is 30.4. The van der Waals surface area contributed by atoms with E-state index in [1.165, 1.54) is 33.4 Å². The van der Waals surface area contributed by atoms with Gasteiger partial charge in [0.05, 0.1) is 22.3 Å². The molecule has 0 saturated heterocycles. The number of aromatic nitrogens is 3. The Hall–Kier alpha value is -5.57. The maximum atomic E-state index is 12.6. The summed E-state index contributed by atoms with van der Waals surface area (Å²) in [6.07, 6.45) is 2.06. The molecule has 0 atom stereocenters. The van der Waals surface area contributed by atoms with E-state index in [1.54, 1.807) is 0 Å². The molecule has 0 amide bonds. The fourth-order valence-electron chi connectivity index (χ4n) is 9.63. The molecule has 0 spiro atoms. The summed E-state index contributed by atoms with van der Waals surface area (Å²) in [5, 5.41) is 12.6. The van der Waals surface area contributed by atoms with E-state index in [-0.39, 0.29) is 53.9 Å². The number of nitrogens with zero attached hydrogens (tertiary/aromatic N) is 3. The van der Waals surface area contributed by atoms with Crippen molar-refractivity contribution in [1.82, 2.24) is 14.5 Å². The molecule has 1 aliphatic carbocycles. The quantitative estimate of drug-likeness (QED) is 0.175. The van der Waals surface area contributed by atoms with Gasteiger partial charge >= 0.3 is 0 Å². The van der Waals surface area contributed by atoms with Crippen LogP contribution in [0.1, 0.15) is 130 Å². The Morgan fingerprint density at radius 2 is 1.14 bits per heavy atom. The van der Waals surface area contributed by atoms with E-state index in [0.717, 1.165) is 61.4 Å². The second kappa shape index (κ2) is 16.3. The Labute approximate surface area is 407 Å². The number of phenols is 1. The smallest absolute Gasteiger partial charge is 0.148 e. The normalized spacial score (nSPS) is 13.7. The van der Waals surface area contributed by atoms with Gasteiger partial charge in [-0.05, 0) is 79.3 Å². The molecule has 9 rings (SSSR count). The number of imidazole rings is 1. The van der Waals surface area contributed by atoms with Gasteiger partial charge in [-0.25, -0.2) is 4.98 Å². The van der Waals surface area contributed by atoms with Crippen LogP contribution in [0.15, 0.2) is 128 Å². The van der Waals surface area contributed by atoms with Gasteiger partial charge in [0.15, 0.2) is 0 Å². The fraction of sp³-hybridized carbons (Fsp3) is 0.311. The summed E-state index contributed by atoms with van der Waals surface area (Å²) in [4.78, 5) is 10.9. The summed E-state index contributed by atoms with van der Waals surface area (Å²) in [6.45, 7) is 31.4. The molecule has 0 fully saturated rings. The second-order valence-electron chi connectivity index (χ2n) is 22.9. The van der Waals surface area contributed by atoms with Crippen LogP contribution >= 0.6 is 0 Å². The molecule has 340 valence electrons. The van der Waals surface area contributed by atoms with E-state index >= 15 is 0 Å². The van der Waals surface area contributed by atoms with Crippen molar-refractivity contribution in [1.29, 1.82) is 0 Å². The maximum Gasteiger partial charge on any atom is 0.148 e. The third kappa shape index (κ3) is 8.19. The van der Waals surface area contributed by atoms with Crippen LogP contribution in [0.3, 0.4) is 0 Å². The predicted octanol–water partition coefficient (Wildman–Crippen LogP) is 16.1. The molecule has 0 aliphatic heterocycles. The van der Waals surface area contributed by atoms with E-state index < -0.39 is 0 Å². The second-order valence-corrected chi connectivity index (χ2v) is 22.9. The molecule has 1 aliphatic rings. The van der Waals surface area contributed by atoms with Crippen molar-refractivity contribution >= 4 is 11.0 Å². The van der Waals surface area contributed by atoms with Crippen molar-refractivity contribution in [3.8, 4) is 67.5 Å². The number of aromatic hydroxyl groups is 1. The molecule has 0 bridgehead atoms. The molecule has 6 aromatic carbocycles. The van der Waals surface area contributed by atoms with Gasteiger partial charge in [0.1, 0.15) is 11.6 Å². The van der Waals surface area contributed by atoms with Crippen LogP contribution in [0, 0.1) is 6.07 Å². The first kappa shape index (κ1) is 46.9. The molecule has 5 heteroatoms. The zero-order valence-corrected chi connectivity index (χ0v) is 43.5. The minimum Gasteiger partial charge on any atom is -0.507 e. The van der Waals surface area contributed by atoms with Gasteiger partial charge < -0.3 is 5.11 Å². The van der Waals surface area contributed by atoms with E-state index in [2.05, 4.69) is 235 Å². The van der Waals surface area contributed by atoms with Crippen LogP contribution in [0.5, 0.6) is 5.75 Å². The van der Waals surface area contributed by atoms with Crippen molar-refractivity contribution in [2.24, 2.45) is 0 Å². The van der Waals surface area contributed by atoms with Crippen LogP contribution in [-0.2, 0) is 48.1 Å². The van der Waals surface area contributed by atoms with Gasteiger partial charge in [-0.2, -0.15) is 0 Å². The monoisotopic (exact) mass is 1050 g/mol. The van der Waals surface area contributed by atoms with Gasteiger partial charge in [0.2, 0.25) is 0 Å². The van der Waals surface area contributed by atoms with Gasteiger partial charge in [-0.15, -0.1) is 29.3 Å². The van der Waals surface area contributed by atoms with Gasteiger partial charge in [-0.1, -0.05) is 193 Å². The van der Waals surface area contributed by atoms with Gasteiger partial charge in [0, 0.05) is 55.1 Å². The summed E-state index contributed by atoms with van der Waals surface area (Å²) >= 11 is 0. The Morgan fingerprint density at radius 3 is 1.80 bits per heavy atom. The van der Waals surface area contributed by atoms with E-state index in [1.807, 2.05) is 0 Å². The molecule has 1 N–H and O–H groups in total. The Kier molecular flexibility index (Phi) is 11.6. The number of pyridine rings is 1. The van der Waals surface area contributed by atoms with Crippen molar-refractivity contribution < 1.29 is 26.2 Å². The summed E-state index contributed by atoms with van der Waals surface area (Å²) in [5.41, 5.74) is 18.1. The van der Waals surface area contributed by atoms with Crippen molar-refractivity contribution in [3.63, 3.8) is 0 Å². The molecule has 2 aromatic heterocycles. The van der Waals surface area contributed by atoms with Crippen LogP contribution in [-0.4, -0.2) is 19.6 Å². The zero-order chi connectivity index (χ0) is 46.6. The largest absolute Gasteiger partial charge is 0.507 e. The summed E-state index contributed by atoms with van der Waals surface area (Å²) in [7, 11) is 0. The minimum absolute atomic E-state index is 0. The topological polar surface area (TPSA) is 50.9 Å². The molecule has 0 radical (unpaired) electrons.